The molecule has 9 nitrogen and oxygen atoms in total. The number of nitrogens with one attached hydrogen (secondary N) is 3. The average molecular weight is 460 g/mol. The first-order valence-corrected chi connectivity index (χ1v) is 10.7. The van der Waals surface area contributed by atoms with E-state index in [4.69, 9.17) is 4.74 Å². The molecule has 0 atom stereocenters. The van der Waals surface area contributed by atoms with Crippen LogP contribution in [-0.2, 0) is 22.6 Å². The lowest BCUT2D eigenvalue weighted by Crippen LogP contribution is -2.24. The van der Waals surface area contributed by atoms with Crippen LogP contribution in [0.4, 0.5) is 5.69 Å². The molecule has 2 heterocycles. The van der Waals surface area contributed by atoms with Gasteiger partial charge in [-0.1, -0.05) is 12.1 Å². The summed E-state index contributed by atoms with van der Waals surface area (Å²) >= 11 is 0. The Morgan fingerprint density at radius 3 is 2.68 bits per heavy atom. The van der Waals surface area contributed by atoms with E-state index < -0.39 is 5.97 Å². The average Bonchev–Trinajstić information content (AvgIpc) is 3.44. The van der Waals surface area contributed by atoms with Crippen LogP contribution in [0.25, 0.3) is 10.9 Å². The molecule has 34 heavy (non-hydrogen) atoms. The summed E-state index contributed by atoms with van der Waals surface area (Å²) in [5.41, 5.74) is 4.75. The highest BCUT2D eigenvalue weighted by molar-refractivity contribution is 6.06. The Hall–Kier alpha value is -4.40. The van der Waals surface area contributed by atoms with Crippen molar-refractivity contribution in [1.82, 2.24) is 20.1 Å². The van der Waals surface area contributed by atoms with Gasteiger partial charge < -0.3 is 20.4 Å². The van der Waals surface area contributed by atoms with Crippen LogP contribution < -0.4 is 10.6 Å². The molecule has 0 spiro atoms. The van der Waals surface area contributed by atoms with Crippen LogP contribution >= 0.6 is 0 Å². The molecule has 0 saturated heterocycles. The molecular weight excluding hydrogens is 434 g/mol. The van der Waals surface area contributed by atoms with Crippen LogP contribution in [0, 0.1) is 13.8 Å². The zero-order chi connectivity index (χ0) is 24.2. The van der Waals surface area contributed by atoms with E-state index in [1.165, 1.54) is 17.9 Å². The van der Waals surface area contributed by atoms with E-state index >= 15 is 0 Å². The molecule has 2 aromatic heterocycles. The minimum absolute atomic E-state index is 0.0283. The van der Waals surface area contributed by atoms with E-state index in [9.17, 15) is 14.4 Å². The molecule has 0 saturated carbocycles. The number of esters is 1. The van der Waals surface area contributed by atoms with E-state index in [1.54, 1.807) is 36.7 Å². The number of carbonyl (C=O) groups excluding carboxylic acids is 3. The first-order chi connectivity index (χ1) is 16.4. The molecule has 0 aliphatic rings. The number of methoxy groups -OCH3 is 1. The Balaban J connectivity index is 1.53. The maximum Gasteiger partial charge on any atom is 0.337 e. The molecule has 0 radical (unpaired) electrons. The lowest BCUT2D eigenvalue weighted by atomic mass is 10.1. The van der Waals surface area contributed by atoms with Crippen LogP contribution in [-0.4, -0.2) is 39.7 Å². The predicted molar refractivity (Wildman–Crippen MR) is 128 cm³/mol. The van der Waals surface area contributed by atoms with Crippen molar-refractivity contribution in [3.8, 4) is 0 Å². The highest BCUT2D eigenvalue weighted by Gasteiger charge is 2.15. The van der Waals surface area contributed by atoms with Gasteiger partial charge in [-0.15, -0.1) is 0 Å². The van der Waals surface area contributed by atoms with Crippen LogP contribution in [0.3, 0.4) is 0 Å². The molecule has 9 heteroatoms. The number of aryl methyl sites for hydroxylation is 2. The second kappa shape index (κ2) is 9.62. The lowest BCUT2D eigenvalue weighted by molar-refractivity contribution is -0.116. The minimum Gasteiger partial charge on any atom is -0.465 e. The summed E-state index contributed by atoms with van der Waals surface area (Å²) < 4.78 is 6.33. The maximum absolute atomic E-state index is 13.0. The van der Waals surface area contributed by atoms with Crippen molar-refractivity contribution in [2.45, 2.75) is 26.9 Å². The molecule has 174 valence electrons. The number of ether oxygens (including phenoxy) is 1. The third-order valence-corrected chi connectivity index (χ3v) is 5.60. The van der Waals surface area contributed by atoms with E-state index in [1.807, 2.05) is 26.0 Å². The second-order valence-corrected chi connectivity index (χ2v) is 7.95. The number of aromatic amines is 1. The topological polar surface area (TPSA) is 118 Å². The van der Waals surface area contributed by atoms with Crippen molar-refractivity contribution in [2.75, 3.05) is 12.4 Å². The van der Waals surface area contributed by atoms with Crippen LogP contribution in [0.5, 0.6) is 0 Å². The number of anilines is 1. The third kappa shape index (κ3) is 4.83. The molecule has 0 aliphatic heterocycles. The van der Waals surface area contributed by atoms with Gasteiger partial charge in [-0.25, -0.2) is 4.79 Å². The number of aromatic nitrogens is 3. The Labute approximate surface area is 196 Å². The van der Waals surface area contributed by atoms with E-state index in [-0.39, 0.29) is 30.5 Å². The van der Waals surface area contributed by atoms with Gasteiger partial charge in [0.25, 0.3) is 5.91 Å². The molecule has 0 fully saturated rings. The van der Waals surface area contributed by atoms with Crippen LogP contribution in [0.15, 0.2) is 54.9 Å². The number of benzene rings is 2. The number of H-pyrrole nitrogens is 1. The van der Waals surface area contributed by atoms with Crippen LogP contribution in [0.2, 0.25) is 0 Å². The number of hydrogen-bond donors (Lipinski definition) is 3. The third-order valence-electron chi connectivity index (χ3n) is 5.60. The van der Waals surface area contributed by atoms with Gasteiger partial charge in [-0.3, -0.25) is 14.3 Å². The Bertz CT molecular complexity index is 1370. The van der Waals surface area contributed by atoms with Gasteiger partial charge in [-0.05, 0) is 55.3 Å². The first-order valence-electron chi connectivity index (χ1n) is 10.7. The van der Waals surface area contributed by atoms with E-state index in [2.05, 4.69) is 20.7 Å². The minimum atomic E-state index is -0.544. The summed E-state index contributed by atoms with van der Waals surface area (Å²) in [6.45, 7) is 4.16. The number of amides is 2. The molecule has 0 bridgehead atoms. The fraction of sp³-hybridized carbons (Fsp3) is 0.200. The van der Waals surface area contributed by atoms with Gasteiger partial charge in [0.05, 0.1) is 23.8 Å². The summed E-state index contributed by atoms with van der Waals surface area (Å²) in [5, 5.41) is 10.7. The Kier molecular flexibility index (Phi) is 6.44. The number of para-hydroxylation sites is 1. The summed E-state index contributed by atoms with van der Waals surface area (Å²) in [7, 11) is 1.29. The van der Waals surface area contributed by atoms with Crippen molar-refractivity contribution >= 4 is 34.4 Å². The second-order valence-electron chi connectivity index (χ2n) is 7.95. The fourth-order valence-electron chi connectivity index (χ4n) is 3.79. The van der Waals surface area contributed by atoms with Crippen molar-refractivity contribution in [3.63, 3.8) is 0 Å². The Morgan fingerprint density at radius 1 is 1.12 bits per heavy atom. The van der Waals surface area contributed by atoms with Crippen molar-refractivity contribution in [3.05, 3.63) is 82.8 Å². The smallest absolute Gasteiger partial charge is 0.337 e. The molecular formula is C25H25N5O4. The largest absolute Gasteiger partial charge is 0.465 e. The standard InChI is InChI=1S/C25H25N5O4/c1-15-16(2)28-23-20(15)6-4-7-21(23)24(32)26-13-17-10-18(25(33)34-3)12-19(11-17)29-22(31)14-30-9-5-8-27-30/h4-12,28H,13-14H2,1-3H3,(H,26,32)(H,29,31). The SMILES string of the molecule is COC(=O)c1cc(CNC(=O)c2cccc3c(C)c(C)[nH]c23)cc(NC(=O)Cn2cccn2)c1. The monoisotopic (exact) mass is 459 g/mol. The normalized spacial score (nSPS) is 10.8. The fourth-order valence-corrected chi connectivity index (χ4v) is 3.79. The van der Waals surface area contributed by atoms with Gasteiger partial charge in [0, 0.05) is 35.7 Å². The number of nitrogens with zero attached hydrogens (tertiary/aromatic N) is 2. The highest BCUT2D eigenvalue weighted by Crippen LogP contribution is 2.24. The van der Waals surface area contributed by atoms with Gasteiger partial charge in [0.1, 0.15) is 6.54 Å². The molecule has 3 N–H and O–H groups in total. The predicted octanol–water partition coefficient (Wildman–Crippen LogP) is 3.34. The van der Waals surface area contributed by atoms with Gasteiger partial charge in [0.2, 0.25) is 5.91 Å². The van der Waals surface area contributed by atoms with Crippen LogP contribution in [0.1, 0.15) is 37.5 Å². The molecule has 4 rings (SSSR count). The van der Waals surface area contributed by atoms with Crippen molar-refractivity contribution in [1.29, 1.82) is 0 Å². The number of rotatable bonds is 7. The molecule has 4 aromatic rings. The molecule has 0 unspecified atom stereocenters. The highest BCUT2D eigenvalue weighted by atomic mass is 16.5. The first kappa shape index (κ1) is 22.8. The maximum atomic E-state index is 13.0. The van der Waals surface area contributed by atoms with E-state index in [0.29, 0.717) is 16.8 Å². The van der Waals surface area contributed by atoms with Crippen molar-refractivity contribution in [2.24, 2.45) is 0 Å². The Morgan fingerprint density at radius 2 is 1.94 bits per heavy atom. The number of fused-ring (bicyclic) bond motifs is 1. The molecule has 0 aliphatic carbocycles. The lowest BCUT2D eigenvalue weighted by Gasteiger charge is -2.12. The number of carbonyl (C=O) groups is 3. The summed E-state index contributed by atoms with van der Waals surface area (Å²) in [4.78, 5) is 40.8. The molecule has 2 aromatic carbocycles. The van der Waals surface area contributed by atoms with Gasteiger partial charge >= 0.3 is 5.97 Å². The molecule has 2 amide bonds. The summed E-state index contributed by atoms with van der Waals surface area (Å²) in [6, 6.07) is 12.2. The summed E-state index contributed by atoms with van der Waals surface area (Å²) in [5.74, 6) is -1.10. The quantitative estimate of drug-likeness (QED) is 0.367. The van der Waals surface area contributed by atoms with E-state index in [0.717, 1.165) is 22.2 Å². The number of hydrogen-bond acceptors (Lipinski definition) is 5. The van der Waals surface area contributed by atoms with Crippen molar-refractivity contribution < 1.29 is 19.1 Å². The zero-order valence-corrected chi connectivity index (χ0v) is 19.1. The van der Waals surface area contributed by atoms with Gasteiger partial charge in [0.15, 0.2) is 0 Å². The van der Waals surface area contributed by atoms with Gasteiger partial charge in [-0.2, -0.15) is 5.10 Å². The zero-order valence-electron chi connectivity index (χ0n) is 19.1. The summed E-state index contributed by atoms with van der Waals surface area (Å²) in [6.07, 6.45) is 3.27.